The highest BCUT2D eigenvalue weighted by molar-refractivity contribution is 7.89. The van der Waals surface area contributed by atoms with Crippen LogP contribution in [0, 0.1) is 0 Å². The summed E-state index contributed by atoms with van der Waals surface area (Å²) in [4.78, 5) is 15.5. The van der Waals surface area contributed by atoms with Gasteiger partial charge < -0.3 is 4.90 Å². The summed E-state index contributed by atoms with van der Waals surface area (Å²) in [6.07, 6.45) is 1.07. The number of nitrogens with zero attached hydrogens (tertiary/aromatic N) is 2. The molecule has 1 amide bonds. The first-order valence-electron chi connectivity index (χ1n) is 7.28. The number of thiophene rings is 1. The molecule has 0 aliphatic carbocycles. The van der Waals surface area contributed by atoms with Crippen LogP contribution in [0.25, 0.3) is 0 Å². The molecule has 122 valence electrons. The molecule has 23 heavy (non-hydrogen) atoms. The molecule has 0 atom stereocenters. The zero-order chi connectivity index (χ0) is 16.6. The fourth-order valence-electron chi connectivity index (χ4n) is 2.67. The summed E-state index contributed by atoms with van der Waals surface area (Å²) in [7, 11) is -0.419. The number of anilines is 1. The average Bonchev–Trinajstić information content (AvgIpc) is 3.15. The lowest BCUT2D eigenvalue weighted by Crippen LogP contribution is -2.30. The van der Waals surface area contributed by atoms with Crippen molar-refractivity contribution >= 4 is 33.0 Å². The van der Waals surface area contributed by atoms with Crippen LogP contribution in [-0.4, -0.2) is 39.3 Å². The smallest absolute Gasteiger partial charge is 0.242 e. The molecule has 7 heteroatoms. The molecule has 0 fully saturated rings. The fourth-order valence-corrected chi connectivity index (χ4v) is 4.31. The van der Waals surface area contributed by atoms with E-state index in [1.165, 1.54) is 18.4 Å². The van der Waals surface area contributed by atoms with E-state index in [-0.39, 0.29) is 10.8 Å². The van der Waals surface area contributed by atoms with Gasteiger partial charge in [-0.15, -0.1) is 11.3 Å². The van der Waals surface area contributed by atoms with Crippen molar-refractivity contribution in [2.75, 3.05) is 25.5 Å². The molecule has 1 aromatic carbocycles. The van der Waals surface area contributed by atoms with Crippen molar-refractivity contribution in [3.63, 3.8) is 0 Å². The minimum atomic E-state index is -3.45. The summed E-state index contributed by atoms with van der Waals surface area (Å²) in [5, 5.41) is 1.96. The van der Waals surface area contributed by atoms with Crippen LogP contribution >= 0.6 is 11.3 Å². The van der Waals surface area contributed by atoms with Gasteiger partial charge in [0.05, 0.1) is 11.3 Å². The lowest BCUT2D eigenvalue weighted by molar-refractivity contribution is -0.117. The molecule has 1 aliphatic heterocycles. The molecule has 0 saturated carbocycles. The maximum Gasteiger partial charge on any atom is 0.242 e. The molecule has 2 heterocycles. The summed E-state index contributed by atoms with van der Waals surface area (Å²) in [6, 6.07) is 8.88. The molecule has 3 rings (SSSR count). The van der Waals surface area contributed by atoms with Crippen LogP contribution in [0.4, 0.5) is 5.69 Å². The number of carbonyl (C=O) groups is 1. The highest BCUT2D eigenvalue weighted by Gasteiger charge is 2.27. The van der Waals surface area contributed by atoms with E-state index in [2.05, 4.69) is 0 Å². The van der Waals surface area contributed by atoms with Crippen molar-refractivity contribution in [2.24, 2.45) is 0 Å². The summed E-state index contributed by atoms with van der Waals surface area (Å²) < 4.78 is 25.6. The van der Waals surface area contributed by atoms with E-state index >= 15 is 0 Å². The number of carbonyl (C=O) groups excluding carboxylic acids is 1. The predicted molar refractivity (Wildman–Crippen MR) is 91.4 cm³/mol. The van der Waals surface area contributed by atoms with Gasteiger partial charge in [-0.1, -0.05) is 6.07 Å². The lowest BCUT2D eigenvalue weighted by Gasteiger charge is -2.18. The second kappa shape index (κ2) is 6.07. The first-order valence-corrected chi connectivity index (χ1v) is 9.60. The zero-order valence-corrected chi connectivity index (χ0v) is 14.7. The molecule has 0 bridgehead atoms. The number of hydrogen-bond donors (Lipinski definition) is 0. The van der Waals surface area contributed by atoms with Crippen molar-refractivity contribution < 1.29 is 13.2 Å². The van der Waals surface area contributed by atoms with E-state index in [0.717, 1.165) is 16.1 Å². The van der Waals surface area contributed by atoms with Gasteiger partial charge in [-0.2, -0.15) is 0 Å². The van der Waals surface area contributed by atoms with E-state index in [4.69, 9.17) is 0 Å². The number of fused-ring (bicyclic) bond motifs is 1. The Morgan fingerprint density at radius 3 is 2.74 bits per heavy atom. The third kappa shape index (κ3) is 3.04. The minimum absolute atomic E-state index is 0.0504. The Morgan fingerprint density at radius 1 is 1.30 bits per heavy atom. The van der Waals surface area contributed by atoms with Gasteiger partial charge in [-0.25, -0.2) is 12.7 Å². The van der Waals surface area contributed by atoms with Crippen molar-refractivity contribution in [2.45, 2.75) is 17.7 Å². The zero-order valence-electron chi connectivity index (χ0n) is 13.0. The van der Waals surface area contributed by atoms with E-state index in [1.807, 2.05) is 17.5 Å². The average molecular weight is 350 g/mol. The predicted octanol–water partition coefficient (Wildman–Crippen LogP) is 2.13. The highest BCUT2D eigenvalue weighted by atomic mass is 32.2. The largest absolute Gasteiger partial charge is 0.312 e. The molecule has 0 radical (unpaired) electrons. The molecular weight excluding hydrogens is 332 g/mol. The van der Waals surface area contributed by atoms with Crippen LogP contribution in [0.15, 0.2) is 40.6 Å². The van der Waals surface area contributed by atoms with Gasteiger partial charge >= 0.3 is 0 Å². The number of benzene rings is 1. The first kappa shape index (κ1) is 16.2. The number of sulfonamides is 1. The second-order valence-electron chi connectivity index (χ2n) is 5.63. The van der Waals surface area contributed by atoms with Crippen molar-refractivity contribution in [1.29, 1.82) is 0 Å². The van der Waals surface area contributed by atoms with Gasteiger partial charge in [0.25, 0.3) is 0 Å². The molecular formula is C16H18N2O3S2. The van der Waals surface area contributed by atoms with Crippen molar-refractivity contribution in [1.82, 2.24) is 4.31 Å². The van der Waals surface area contributed by atoms with E-state index in [0.29, 0.717) is 19.4 Å². The molecule has 1 aromatic heterocycles. The maximum absolute atomic E-state index is 12.5. The molecule has 0 saturated heterocycles. The quantitative estimate of drug-likeness (QED) is 0.849. The molecule has 0 spiro atoms. The molecule has 0 N–H and O–H groups in total. The van der Waals surface area contributed by atoms with Gasteiger partial charge in [0, 0.05) is 31.2 Å². The Labute approximate surface area is 140 Å². The summed E-state index contributed by atoms with van der Waals surface area (Å²) >= 11 is 1.57. The Hall–Kier alpha value is -1.70. The molecule has 2 aromatic rings. The van der Waals surface area contributed by atoms with E-state index < -0.39 is 10.0 Å². The van der Waals surface area contributed by atoms with Crippen molar-refractivity contribution in [3.8, 4) is 0 Å². The van der Waals surface area contributed by atoms with Gasteiger partial charge in [-0.05, 0) is 41.6 Å². The normalized spacial score (nSPS) is 14.3. The Kier molecular flexibility index (Phi) is 4.27. The van der Waals surface area contributed by atoms with Crippen LogP contribution in [-0.2, 0) is 27.7 Å². The van der Waals surface area contributed by atoms with Crippen LogP contribution in [0.3, 0.4) is 0 Å². The lowest BCUT2D eigenvalue weighted by atomic mass is 10.2. The van der Waals surface area contributed by atoms with Gasteiger partial charge in [0.1, 0.15) is 0 Å². The number of amides is 1. The Bertz CT molecular complexity index is 827. The summed E-state index contributed by atoms with van der Waals surface area (Å²) in [5.41, 5.74) is 1.73. The first-order chi connectivity index (χ1) is 10.9. The van der Waals surface area contributed by atoms with E-state index in [1.54, 1.807) is 34.4 Å². The summed E-state index contributed by atoms with van der Waals surface area (Å²) in [6.45, 7) is 0.602. The SMILES string of the molecule is CN(C)S(=O)(=O)c1ccc2c(c1)CCN2C(=O)Cc1cccs1. The van der Waals surface area contributed by atoms with E-state index in [9.17, 15) is 13.2 Å². The number of hydrogen-bond acceptors (Lipinski definition) is 4. The standard InChI is InChI=1S/C16H18N2O3S2/c1-17(2)23(20,21)14-5-6-15-12(10-14)7-8-18(15)16(19)11-13-4-3-9-22-13/h3-6,9-10H,7-8,11H2,1-2H3. The number of rotatable bonds is 4. The summed E-state index contributed by atoms with van der Waals surface area (Å²) in [5.74, 6) is 0.0504. The minimum Gasteiger partial charge on any atom is -0.312 e. The van der Waals surface area contributed by atoms with Crippen LogP contribution in [0.1, 0.15) is 10.4 Å². The third-order valence-corrected chi connectivity index (χ3v) is 6.62. The third-order valence-electron chi connectivity index (χ3n) is 3.93. The Morgan fingerprint density at radius 2 is 2.09 bits per heavy atom. The van der Waals surface area contributed by atoms with Crippen molar-refractivity contribution in [3.05, 3.63) is 46.2 Å². The van der Waals surface area contributed by atoms with Crippen LogP contribution in [0.2, 0.25) is 0 Å². The molecule has 0 unspecified atom stereocenters. The topological polar surface area (TPSA) is 57.7 Å². The molecule has 1 aliphatic rings. The van der Waals surface area contributed by atoms with Crippen LogP contribution < -0.4 is 4.90 Å². The van der Waals surface area contributed by atoms with Gasteiger partial charge in [0.2, 0.25) is 15.9 Å². The van der Waals surface area contributed by atoms with Gasteiger partial charge in [-0.3, -0.25) is 4.79 Å². The van der Waals surface area contributed by atoms with Crippen LogP contribution in [0.5, 0.6) is 0 Å². The maximum atomic E-state index is 12.5. The highest BCUT2D eigenvalue weighted by Crippen LogP contribution is 2.31. The Balaban J connectivity index is 1.85. The second-order valence-corrected chi connectivity index (χ2v) is 8.81. The monoisotopic (exact) mass is 350 g/mol. The van der Waals surface area contributed by atoms with Gasteiger partial charge in [0.15, 0.2) is 0 Å². The molecule has 5 nitrogen and oxygen atoms in total. The fraction of sp³-hybridized carbons (Fsp3) is 0.312.